The van der Waals surface area contributed by atoms with E-state index < -0.39 is 0 Å². The first kappa shape index (κ1) is 10.1. The average molecular weight is 167 g/mol. The molecule has 0 aliphatic carbocycles. The minimum Gasteiger partial charge on any atom is -0.328 e. The van der Waals surface area contributed by atoms with E-state index >= 15 is 0 Å². The van der Waals surface area contributed by atoms with E-state index in [1.165, 1.54) is 33.0 Å². The van der Waals surface area contributed by atoms with Crippen LogP contribution in [0.1, 0.15) is 46.0 Å². The second kappa shape index (κ2) is 4.91. The molecule has 70 valence electrons. The van der Waals surface area contributed by atoms with Crippen LogP contribution in [0.3, 0.4) is 0 Å². The van der Waals surface area contributed by atoms with Gasteiger partial charge in [0.1, 0.15) is 7.28 Å². The summed E-state index contributed by atoms with van der Waals surface area (Å²) in [6.45, 7) is 4.49. The summed E-state index contributed by atoms with van der Waals surface area (Å²) in [6.07, 6.45) is 6.57. The van der Waals surface area contributed by atoms with Crippen LogP contribution in [-0.4, -0.2) is 13.3 Å². The zero-order chi connectivity index (χ0) is 8.97. The Kier molecular flexibility index (Phi) is 4.13. The zero-order valence-corrected chi connectivity index (χ0v) is 8.55. The third-order valence-corrected chi connectivity index (χ3v) is 3.27. The molecule has 0 aromatic heterocycles. The maximum Gasteiger partial charge on any atom is 0.126 e. The minimum atomic E-state index is 0.462. The molecule has 1 fully saturated rings. The summed E-state index contributed by atoms with van der Waals surface area (Å²) in [7, 11) is 1.50. The van der Waals surface area contributed by atoms with Crippen molar-refractivity contribution in [1.29, 1.82) is 0 Å². The molecule has 0 aromatic carbocycles. The molecule has 1 aliphatic rings. The van der Waals surface area contributed by atoms with Gasteiger partial charge in [-0.25, -0.2) is 0 Å². The Bertz CT molecular complexity index is 127. The molecule has 0 radical (unpaired) electrons. The molecule has 2 heteroatoms. The van der Waals surface area contributed by atoms with Gasteiger partial charge in [-0.15, -0.1) is 0 Å². The quantitative estimate of drug-likeness (QED) is 0.603. The van der Waals surface area contributed by atoms with Crippen molar-refractivity contribution in [3.63, 3.8) is 0 Å². The van der Waals surface area contributed by atoms with Gasteiger partial charge in [-0.1, -0.05) is 44.7 Å². The molecule has 0 saturated carbocycles. The van der Waals surface area contributed by atoms with Gasteiger partial charge in [0.15, 0.2) is 0 Å². The Labute approximate surface area is 77.3 Å². The highest BCUT2D eigenvalue weighted by atomic mass is 14.6. The summed E-state index contributed by atoms with van der Waals surface area (Å²) in [5.74, 6) is 2.14. The van der Waals surface area contributed by atoms with Crippen molar-refractivity contribution >= 4 is 7.28 Å². The molecule has 0 spiro atoms. The summed E-state index contributed by atoms with van der Waals surface area (Å²) < 4.78 is 0. The van der Waals surface area contributed by atoms with Crippen molar-refractivity contribution < 1.29 is 0 Å². The van der Waals surface area contributed by atoms with Crippen LogP contribution >= 0.6 is 0 Å². The first-order chi connectivity index (χ1) is 5.77. The molecule has 3 atom stereocenters. The van der Waals surface area contributed by atoms with Crippen molar-refractivity contribution in [2.45, 2.75) is 63.6 Å². The lowest BCUT2D eigenvalue weighted by Crippen LogP contribution is -2.17. The van der Waals surface area contributed by atoms with Gasteiger partial charge >= 0.3 is 0 Å². The Morgan fingerprint density at radius 2 is 2.08 bits per heavy atom. The zero-order valence-electron chi connectivity index (χ0n) is 8.55. The molecule has 1 nitrogen and oxygen atoms in total. The predicted molar refractivity (Wildman–Crippen MR) is 57.1 cm³/mol. The first-order valence-electron chi connectivity index (χ1n) is 5.53. The summed E-state index contributed by atoms with van der Waals surface area (Å²) in [6, 6.07) is 0.462. The number of hydrogen-bond acceptors (Lipinski definition) is 1. The van der Waals surface area contributed by atoms with Crippen molar-refractivity contribution in [2.24, 2.45) is 5.73 Å². The molecular formula is C10H22BN. The summed E-state index contributed by atoms with van der Waals surface area (Å²) >= 11 is 0. The van der Waals surface area contributed by atoms with Crippen molar-refractivity contribution in [3.05, 3.63) is 0 Å². The van der Waals surface area contributed by atoms with E-state index in [2.05, 4.69) is 13.8 Å². The van der Waals surface area contributed by atoms with Gasteiger partial charge in [0.2, 0.25) is 0 Å². The summed E-state index contributed by atoms with van der Waals surface area (Å²) in [4.78, 5) is 0. The normalized spacial score (nSPS) is 29.6. The van der Waals surface area contributed by atoms with Crippen LogP contribution < -0.4 is 5.73 Å². The molecular weight excluding hydrogens is 145 g/mol. The van der Waals surface area contributed by atoms with Crippen LogP contribution in [0.15, 0.2) is 0 Å². The summed E-state index contributed by atoms with van der Waals surface area (Å²) in [5, 5.41) is 0. The fraction of sp³-hybridized carbons (Fsp3) is 1.00. The molecule has 0 amide bonds. The van der Waals surface area contributed by atoms with Crippen molar-refractivity contribution in [1.82, 2.24) is 0 Å². The van der Waals surface area contributed by atoms with Crippen LogP contribution in [0, 0.1) is 0 Å². The predicted octanol–water partition coefficient (Wildman–Crippen LogP) is 2.33. The van der Waals surface area contributed by atoms with Gasteiger partial charge in [-0.05, 0) is 12.8 Å². The third kappa shape index (κ3) is 3.18. The Hall–Kier alpha value is 0.0249. The van der Waals surface area contributed by atoms with Gasteiger partial charge in [0, 0.05) is 6.04 Å². The van der Waals surface area contributed by atoms with Gasteiger partial charge in [-0.2, -0.15) is 0 Å². The van der Waals surface area contributed by atoms with Crippen molar-refractivity contribution in [2.75, 3.05) is 0 Å². The molecule has 12 heavy (non-hydrogen) atoms. The van der Waals surface area contributed by atoms with Crippen LogP contribution in [0.2, 0.25) is 11.6 Å². The van der Waals surface area contributed by atoms with E-state index in [0.717, 1.165) is 18.1 Å². The van der Waals surface area contributed by atoms with Crippen LogP contribution in [0.25, 0.3) is 0 Å². The average Bonchev–Trinajstić information content (AvgIpc) is 2.83. The Balaban J connectivity index is 1.90. The van der Waals surface area contributed by atoms with Gasteiger partial charge < -0.3 is 5.73 Å². The van der Waals surface area contributed by atoms with Crippen molar-refractivity contribution in [3.8, 4) is 0 Å². The highest BCUT2D eigenvalue weighted by Crippen LogP contribution is 2.47. The largest absolute Gasteiger partial charge is 0.328 e. The number of hydrogen-bond donors (Lipinski definition) is 1. The molecule has 0 bridgehead atoms. The van der Waals surface area contributed by atoms with Gasteiger partial charge in [0.05, 0.1) is 0 Å². The molecule has 3 unspecified atom stereocenters. The molecule has 2 N–H and O–H groups in total. The Morgan fingerprint density at radius 1 is 1.33 bits per heavy atom. The number of nitrogens with two attached hydrogens (primary N) is 1. The highest BCUT2D eigenvalue weighted by molar-refractivity contribution is 6.53. The van der Waals surface area contributed by atoms with E-state index in [1.54, 1.807) is 0 Å². The van der Waals surface area contributed by atoms with E-state index in [1.807, 2.05) is 0 Å². The molecule has 1 saturated heterocycles. The fourth-order valence-corrected chi connectivity index (χ4v) is 2.01. The SMILES string of the molecule is CCC(N)CCCC1BC1CC. The maximum atomic E-state index is 5.85. The molecule has 0 aromatic rings. The van der Waals surface area contributed by atoms with E-state index in [-0.39, 0.29) is 0 Å². The minimum absolute atomic E-state index is 0.462. The smallest absolute Gasteiger partial charge is 0.126 e. The lowest BCUT2D eigenvalue weighted by Gasteiger charge is -2.07. The first-order valence-corrected chi connectivity index (χ1v) is 5.53. The molecule has 1 heterocycles. The van der Waals surface area contributed by atoms with Gasteiger partial charge in [-0.3, -0.25) is 0 Å². The van der Waals surface area contributed by atoms with Crippen LogP contribution in [0.4, 0.5) is 0 Å². The number of rotatable bonds is 6. The van der Waals surface area contributed by atoms with Crippen LogP contribution in [0.5, 0.6) is 0 Å². The van der Waals surface area contributed by atoms with Gasteiger partial charge in [0.25, 0.3) is 0 Å². The maximum absolute atomic E-state index is 5.85. The monoisotopic (exact) mass is 167 g/mol. The standard InChI is InChI=1S/C10H22BN/c1-3-8(12)6-5-7-10-9(4-2)11-10/h8-11H,3-7,12H2,1-2H3. The Morgan fingerprint density at radius 3 is 2.58 bits per heavy atom. The lowest BCUT2D eigenvalue weighted by molar-refractivity contribution is 0.547. The van der Waals surface area contributed by atoms with Crippen LogP contribution in [-0.2, 0) is 0 Å². The molecule has 1 rings (SSSR count). The van der Waals surface area contributed by atoms with E-state index in [4.69, 9.17) is 5.73 Å². The highest BCUT2D eigenvalue weighted by Gasteiger charge is 2.35. The topological polar surface area (TPSA) is 26.0 Å². The lowest BCUT2D eigenvalue weighted by atomic mass is 9.95. The summed E-state index contributed by atoms with van der Waals surface area (Å²) in [5.41, 5.74) is 5.85. The molecule has 1 aliphatic heterocycles. The van der Waals surface area contributed by atoms with E-state index in [0.29, 0.717) is 6.04 Å². The second-order valence-electron chi connectivity index (χ2n) is 4.26. The van der Waals surface area contributed by atoms with E-state index in [9.17, 15) is 0 Å². The second-order valence-corrected chi connectivity index (χ2v) is 4.26. The fourth-order valence-electron chi connectivity index (χ4n) is 2.01. The third-order valence-electron chi connectivity index (χ3n) is 3.27.